The highest BCUT2D eigenvalue weighted by molar-refractivity contribution is 8.04. The quantitative estimate of drug-likeness (QED) is 0.111. The minimum Gasteiger partial charge on any atom is -0.490 e. The summed E-state index contributed by atoms with van der Waals surface area (Å²) in [5.41, 5.74) is 16.9. The van der Waals surface area contributed by atoms with Gasteiger partial charge in [0.15, 0.2) is 0 Å². The molecule has 17 rings (SSSR count). The fourth-order valence-electron chi connectivity index (χ4n) is 19.5. The van der Waals surface area contributed by atoms with Crippen molar-refractivity contribution in [3.63, 3.8) is 0 Å². The molecule has 13 aliphatic rings. The lowest BCUT2D eigenvalue weighted by atomic mass is 9.56. The molecule has 7 heteroatoms. The van der Waals surface area contributed by atoms with Gasteiger partial charge in [0.05, 0.1) is 5.41 Å². The third-order valence-corrected chi connectivity index (χ3v) is 25.2. The van der Waals surface area contributed by atoms with Gasteiger partial charge in [0, 0.05) is 75.4 Å². The molecule has 1 fully saturated rings. The molecule has 0 bridgehead atoms. The Labute approximate surface area is 576 Å². The topological polar surface area (TPSA) is 24.9 Å². The average molecular weight is 1300 g/mol. The highest BCUT2D eigenvalue weighted by Crippen LogP contribution is 2.67. The van der Waals surface area contributed by atoms with Crippen LogP contribution in [0.1, 0.15) is 107 Å². The Morgan fingerprint density at radius 1 is 0.557 bits per heavy atom. The van der Waals surface area contributed by atoms with E-state index < -0.39 is 5.41 Å². The summed E-state index contributed by atoms with van der Waals surface area (Å²) < 4.78 is 43.8. The second kappa shape index (κ2) is 25.8. The number of ether oxygens (including phenoxy) is 2. The van der Waals surface area contributed by atoms with Crippen LogP contribution < -0.4 is 9.64 Å². The van der Waals surface area contributed by atoms with Gasteiger partial charge in [0.2, 0.25) is 0 Å². The van der Waals surface area contributed by atoms with Crippen LogP contribution in [0.3, 0.4) is 0 Å². The summed E-state index contributed by atoms with van der Waals surface area (Å²) in [6.07, 6.45) is 72.4. The number of halogens is 2. The van der Waals surface area contributed by atoms with Crippen molar-refractivity contribution < 1.29 is 18.3 Å². The number of hydrogen-bond acceptors (Lipinski definition) is 5. The van der Waals surface area contributed by atoms with Gasteiger partial charge < -0.3 is 19.3 Å². The molecular weight excluding hydrogens is 1210 g/mol. The van der Waals surface area contributed by atoms with E-state index in [1.54, 1.807) is 24.3 Å². The molecule has 4 nitrogen and oxygen atoms in total. The van der Waals surface area contributed by atoms with Crippen LogP contribution in [0, 0.1) is 59.0 Å². The van der Waals surface area contributed by atoms with Gasteiger partial charge in [-0.3, -0.25) is 0 Å². The SMILES string of the molecule is C=CC1=CC=C(Oc2ccc(C3(c4ccc(F)cc4)C4=C(CCC=C4)C4C=CC(N(C5=CC=CCC5)C5=CC6=C(CC5)SC5C=CC(N(C7=CC8C(CC7)C7C=CC=CC7C8(c7ccc(F)cc7)C7C=CC(OC8CC=C(C=C)CC8)=CC7)c7ccccc7)=CC65)=CC43)cc2)CC1. The van der Waals surface area contributed by atoms with Gasteiger partial charge in [-0.1, -0.05) is 188 Å². The van der Waals surface area contributed by atoms with Gasteiger partial charge in [0.25, 0.3) is 0 Å². The number of nitrogens with zero attached hydrogens (tertiary/aromatic N) is 2. The molecular formula is C90H84F2N2O2S. The zero-order valence-corrected chi connectivity index (χ0v) is 56.0. The van der Waals surface area contributed by atoms with Gasteiger partial charge in [-0.15, -0.1) is 11.8 Å². The Balaban J connectivity index is 0.731. The first-order valence-corrected chi connectivity index (χ1v) is 36.7. The maximum Gasteiger partial charge on any atom is 0.126 e. The lowest BCUT2D eigenvalue weighted by molar-refractivity contribution is 0.111. The number of hydrogen-bond donors (Lipinski definition) is 0. The van der Waals surface area contributed by atoms with Crippen LogP contribution in [0.4, 0.5) is 14.5 Å². The molecule has 12 atom stereocenters. The molecule has 1 aliphatic heterocycles. The number of rotatable bonds is 16. The number of benzene rings is 4. The summed E-state index contributed by atoms with van der Waals surface area (Å²) in [5.74, 6) is 3.90. The molecule has 4 aromatic carbocycles. The minimum absolute atomic E-state index is 0.0113. The van der Waals surface area contributed by atoms with Crippen molar-refractivity contribution in [2.45, 2.75) is 112 Å². The Morgan fingerprint density at radius 3 is 2.07 bits per heavy atom. The molecule has 0 spiro atoms. The zero-order valence-electron chi connectivity index (χ0n) is 55.2. The van der Waals surface area contributed by atoms with Crippen LogP contribution in [-0.4, -0.2) is 16.3 Å². The predicted octanol–water partition coefficient (Wildman–Crippen LogP) is 22.3. The van der Waals surface area contributed by atoms with Gasteiger partial charge >= 0.3 is 0 Å². The van der Waals surface area contributed by atoms with Gasteiger partial charge in [-0.05, 0) is 236 Å². The van der Waals surface area contributed by atoms with E-state index in [1.165, 1.54) is 78.1 Å². The summed E-state index contributed by atoms with van der Waals surface area (Å²) in [6, 6.07) is 34.9. The Hall–Kier alpha value is -8.91. The molecule has 1 saturated carbocycles. The number of fused-ring (bicyclic) bond motifs is 7. The van der Waals surface area contributed by atoms with Crippen LogP contribution in [0.5, 0.6) is 5.75 Å². The summed E-state index contributed by atoms with van der Waals surface area (Å²) in [6.45, 7) is 8.00. The molecule has 486 valence electrons. The molecule has 0 N–H and O–H groups in total. The predicted molar refractivity (Wildman–Crippen MR) is 393 cm³/mol. The van der Waals surface area contributed by atoms with Gasteiger partial charge in [-0.25, -0.2) is 8.78 Å². The molecule has 4 aromatic rings. The number of para-hydroxylation sites is 1. The fourth-order valence-corrected chi connectivity index (χ4v) is 20.9. The van der Waals surface area contributed by atoms with Crippen molar-refractivity contribution in [1.29, 1.82) is 0 Å². The minimum atomic E-state index is -0.600. The maximum atomic E-state index is 15.3. The second-order valence-corrected chi connectivity index (χ2v) is 29.9. The molecule has 1 heterocycles. The van der Waals surface area contributed by atoms with E-state index in [1.807, 2.05) is 24.3 Å². The van der Waals surface area contributed by atoms with Crippen LogP contribution in [0.2, 0.25) is 0 Å². The van der Waals surface area contributed by atoms with Crippen molar-refractivity contribution in [1.82, 2.24) is 4.90 Å². The van der Waals surface area contributed by atoms with Crippen molar-refractivity contribution in [2.75, 3.05) is 4.90 Å². The standard InChI is InChI=1S/C90H84F2N2O2S/c1-3-59-23-43-73(44-24-59)95-75-47-31-63(32-48-75)89(61-27-35-65(91)36-28-61)83-21-13-11-19-77(83)79-51-39-71(57-85(79)89)93(67-15-7-5-8-16-67)69-41-53-87-81(55-69)82-56-70(42-54-88(82)97-87)94(68-17-9-6-10-18-68)72-40-52-80-78-20-12-14-22-84(78)90(86(80)58-72,62-29-37-66(92)38-30-62)64-33-49-76(50-34-64)96-74-45-25-60(4-2)26-46-74/h3-9,11,13-17,19,21-23,25,27-31,33-38,40-41,45,47-50,52-53,55-58,63,73,77,79-81,83,85-87H,1-2,10,12,18,20,24,26,32,39,42-44,46,51,54H2. The molecule has 0 aromatic heterocycles. The second-order valence-electron chi connectivity index (χ2n) is 28.6. The largest absolute Gasteiger partial charge is 0.490 e. The van der Waals surface area contributed by atoms with Crippen LogP contribution in [0.15, 0.2) is 341 Å². The van der Waals surface area contributed by atoms with Crippen LogP contribution in [0.25, 0.3) is 0 Å². The van der Waals surface area contributed by atoms with E-state index >= 15 is 8.78 Å². The van der Waals surface area contributed by atoms with Crippen molar-refractivity contribution >= 4 is 17.4 Å². The van der Waals surface area contributed by atoms with Gasteiger partial charge in [-0.2, -0.15) is 0 Å². The summed E-state index contributed by atoms with van der Waals surface area (Å²) in [4.78, 5) is 6.74. The highest BCUT2D eigenvalue weighted by atomic mass is 32.2. The van der Waals surface area contributed by atoms with E-state index in [0.29, 0.717) is 11.8 Å². The van der Waals surface area contributed by atoms with Crippen molar-refractivity contribution in [3.05, 3.63) is 369 Å². The lowest BCUT2D eigenvalue weighted by Crippen LogP contribution is -2.45. The van der Waals surface area contributed by atoms with E-state index in [0.717, 1.165) is 113 Å². The molecule has 12 unspecified atom stereocenters. The van der Waals surface area contributed by atoms with E-state index in [2.05, 4.69) is 241 Å². The number of allylic oxidation sites excluding steroid dienone is 33. The molecule has 0 amide bonds. The number of anilines is 1. The first-order chi connectivity index (χ1) is 47.7. The summed E-state index contributed by atoms with van der Waals surface area (Å²) in [5, 5.41) is 0.284. The first kappa shape index (κ1) is 61.7. The van der Waals surface area contributed by atoms with Crippen molar-refractivity contribution in [3.8, 4) is 5.75 Å². The van der Waals surface area contributed by atoms with Gasteiger partial charge in [0.1, 0.15) is 35.0 Å². The molecule has 12 aliphatic carbocycles. The molecule has 97 heavy (non-hydrogen) atoms. The Kier molecular flexibility index (Phi) is 16.4. The van der Waals surface area contributed by atoms with Crippen LogP contribution >= 0.6 is 11.8 Å². The first-order valence-electron chi connectivity index (χ1n) is 35.8. The Morgan fingerprint density at radius 2 is 1.33 bits per heavy atom. The monoisotopic (exact) mass is 1290 g/mol. The third-order valence-electron chi connectivity index (χ3n) is 23.8. The molecule has 0 radical (unpaired) electrons. The van der Waals surface area contributed by atoms with Crippen molar-refractivity contribution in [2.24, 2.45) is 47.3 Å². The molecule has 0 saturated heterocycles. The van der Waals surface area contributed by atoms with E-state index in [9.17, 15) is 0 Å². The lowest BCUT2D eigenvalue weighted by Gasteiger charge is -2.48. The fraction of sp³-hybridized carbons (Fsp3) is 0.289. The van der Waals surface area contributed by atoms with E-state index in [-0.39, 0.29) is 63.9 Å². The third kappa shape index (κ3) is 10.8. The number of thioether (sulfide) groups is 1. The Bertz CT molecular complexity index is 4450. The average Bonchev–Trinajstić information content (AvgIpc) is 1.55. The van der Waals surface area contributed by atoms with E-state index in [4.69, 9.17) is 9.47 Å². The summed E-state index contributed by atoms with van der Waals surface area (Å²) >= 11 is 2.06. The summed E-state index contributed by atoms with van der Waals surface area (Å²) in [7, 11) is 0. The highest BCUT2D eigenvalue weighted by Gasteiger charge is 2.62. The normalized spacial score (nSPS) is 30.9. The van der Waals surface area contributed by atoms with Crippen LogP contribution in [-0.2, 0) is 15.6 Å². The smallest absolute Gasteiger partial charge is 0.126 e. The maximum absolute atomic E-state index is 15.3. The zero-order chi connectivity index (χ0) is 65.2.